The van der Waals surface area contributed by atoms with E-state index < -0.39 is 36.3 Å². The van der Waals surface area contributed by atoms with Crippen LogP contribution in [0.3, 0.4) is 0 Å². The smallest absolute Gasteiger partial charge is 0.416 e. The number of hydrogen-bond acceptors (Lipinski definition) is 4. The fourth-order valence-electron chi connectivity index (χ4n) is 1.69. The first-order chi connectivity index (χ1) is 9.77. The minimum Gasteiger partial charge on any atom is -0.467 e. The van der Waals surface area contributed by atoms with Gasteiger partial charge in [-0.05, 0) is 11.6 Å². The Labute approximate surface area is 118 Å². The maximum Gasteiger partial charge on any atom is 0.416 e. The molecule has 0 saturated carbocycles. The van der Waals surface area contributed by atoms with E-state index in [1.807, 2.05) is 0 Å². The third-order valence-corrected chi connectivity index (χ3v) is 2.66. The van der Waals surface area contributed by atoms with Gasteiger partial charge in [0.1, 0.15) is 12.6 Å². The molecular weight excluding hydrogens is 291 g/mol. The van der Waals surface area contributed by atoms with Crippen molar-refractivity contribution < 1.29 is 32.6 Å². The van der Waals surface area contributed by atoms with Crippen LogP contribution in [-0.2, 0) is 26.9 Å². The Hall–Kier alpha value is -2.09. The second-order valence-electron chi connectivity index (χ2n) is 4.20. The molecule has 21 heavy (non-hydrogen) atoms. The fraction of sp³-hybridized carbons (Fsp3) is 0.385. The van der Waals surface area contributed by atoms with Crippen molar-refractivity contribution in [2.24, 2.45) is 0 Å². The Bertz CT molecular complexity index is 516. The van der Waals surface area contributed by atoms with Crippen LogP contribution < -0.4 is 5.32 Å². The van der Waals surface area contributed by atoms with Gasteiger partial charge in [-0.1, -0.05) is 18.2 Å². The standard InChI is InChI=1S/C13H14F3NO4/c1-21-12(20)10(17-11(19)7-18)6-8-3-2-4-9(5-8)13(14,15)16/h2-5,10,18H,6-7H2,1H3,(H,17,19)/t10-/m0/s1. The monoisotopic (exact) mass is 305 g/mol. The van der Waals surface area contributed by atoms with Gasteiger partial charge in [-0.2, -0.15) is 13.2 Å². The van der Waals surface area contributed by atoms with Gasteiger partial charge in [0.2, 0.25) is 5.91 Å². The topological polar surface area (TPSA) is 75.6 Å². The van der Waals surface area contributed by atoms with Crippen molar-refractivity contribution >= 4 is 11.9 Å². The van der Waals surface area contributed by atoms with Crippen LogP contribution in [-0.4, -0.2) is 36.7 Å². The van der Waals surface area contributed by atoms with Crippen molar-refractivity contribution in [3.63, 3.8) is 0 Å². The lowest BCUT2D eigenvalue weighted by atomic mass is 10.0. The number of carbonyl (C=O) groups is 2. The number of hydrogen-bond donors (Lipinski definition) is 2. The van der Waals surface area contributed by atoms with Crippen molar-refractivity contribution in [2.45, 2.75) is 18.6 Å². The highest BCUT2D eigenvalue weighted by Crippen LogP contribution is 2.29. The molecule has 1 aromatic rings. The second kappa shape index (κ2) is 7.07. The summed E-state index contributed by atoms with van der Waals surface area (Å²) in [4.78, 5) is 22.6. The molecule has 0 aliphatic rings. The van der Waals surface area contributed by atoms with Crippen LogP contribution in [0.15, 0.2) is 24.3 Å². The van der Waals surface area contributed by atoms with E-state index in [1.165, 1.54) is 12.1 Å². The second-order valence-corrected chi connectivity index (χ2v) is 4.20. The molecule has 0 fully saturated rings. The molecule has 0 saturated heterocycles. The summed E-state index contributed by atoms with van der Waals surface area (Å²) < 4.78 is 42.3. The van der Waals surface area contributed by atoms with E-state index in [1.54, 1.807) is 0 Å². The number of carbonyl (C=O) groups excluding carboxylic acids is 2. The number of aliphatic hydroxyl groups excluding tert-OH is 1. The summed E-state index contributed by atoms with van der Waals surface area (Å²) in [7, 11) is 1.09. The van der Waals surface area contributed by atoms with E-state index in [0.717, 1.165) is 19.2 Å². The summed E-state index contributed by atoms with van der Waals surface area (Å²) in [5, 5.41) is 10.8. The van der Waals surface area contributed by atoms with E-state index in [2.05, 4.69) is 10.1 Å². The Balaban J connectivity index is 2.93. The number of esters is 1. The average molecular weight is 305 g/mol. The van der Waals surface area contributed by atoms with Crippen LogP contribution in [0.1, 0.15) is 11.1 Å². The van der Waals surface area contributed by atoms with Crippen molar-refractivity contribution in [3.05, 3.63) is 35.4 Å². The van der Waals surface area contributed by atoms with Gasteiger partial charge in [-0.3, -0.25) is 4.79 Å². The fourth-order valence-corrected chi connectivity index (χ4v) is 1.69. The molecule has 1 amide bonds. The van der Waals surface area contributed by atoms with Crippen LogP contribution in [0, 0.1) is 0 Å². The molecule has 116 valence electrons. The molecule has 8 heteroatoms. The minimum absolute atomic E-state index is 0.178. The van der Waals surface area contributed by atoms with Crippen LogP contribution >= 0.6 is 0 Å². The first-order valence-electron chi connectivity index (χ1n) is 5.92. The summed E-state index contributed by atoms with van der Waals surface area (Å²) in [6, 6.07) is 3.24. The van der Waals surface area contributed by atoms with E-state index in [0.29, 0.717) is 0 Å². The Morgan fingerprint density at radius 3 is 2.57 bits per heavy atom. The average Bonchev–Trinajstić information content (AvgIpc) is 2.45. The molecule has 5 nitrogen and oxygen atoms in total. The van der Waals surface area contributed by atoms with Gasteiger partial charge < -0.3 is 15.2 Å². The maximum atomic E-state index is 12.6. The van der Waals surface area contributed by atoms with Gasteiger partial charge in [0.25, 0.3) is 0 Å². The number of halogens is 3. The summed E-state index contributed by atoms with van der Waals surface area (Å²) in [6.07, 6.45) is -4.67. The van der Waals surface area contributed by atoms with Gasteiger partial charge >= 0.3 is 12.1 Å². The van der Waals surface area contributed by atoms with Crippen molar-refractivity contribution in [1.29, 1.82) is 0 Å². The zero-order valence-corrected chi connectivity index (χ0v) is 11.1. The predicted molar refractivity (Wildman–Crippen MR) is 66.2 cm³/mol. The Morgan fingerprint density at radius 2 is 2.05 bits per heavy atom. The Morgan fingerprint density at radius 1 is 1.38 bits per heavy atom. The summed E-state index contributed by atoms with van der Waals surface area (Å²) >= 11 is 0. The van der Waals surface area contributed by atoms with Crippen molar-refractivity contribution in [3.8, 4) is 0 Å². The number of amides is 1. The SMILES string of the molecule is COC(=O)[C@H](Cc1cccc(C(F)(F)F)c1)NC(=O)CO. The molecule has 0 aliphatic carbocycles. The summed E-state index contributed by atoms with van der Waals surface area (Å²) in [6.45, 7) is -0.837. The van der Waals surface area contributed by atoms with E-state index >= 15 is 0 Å². The van der Waals surface area contributed by atoms with Gasteiger partial charge in [0.15, 0.2) is 0 Å². The normalized spacial score (nSPS) is 12.6. The molecule has 1 aromatic carbocycles. The van der Waals surface area contributed by atoms with Crippen LogP contribution in [0.2, 0.25) is 0 Å². The zero-order valence-electron chi connectivity index (χ0n) is 11.1. The van der Waals surface area contributed by atoms with Crippen LogP contribution in [0.5, 0.6) is 0 Å². The molecule has 0 aliphatic heterocycles. The first kappa shape index (κ1) is 17.0. The van der Waals surface area contributed by atoms with Gasteiger partial charge in [-0.15, -0.1) is 0 Å². The first-order valence-corrected chi connectivity index (χ1v) is 5.92. The summed E-state index contributed by atoms with van der Waals surface area (Å²) in [5.74, 6) is -1.63. The van der Waals surface area contributed by atoms with E-state index in [9.17, 15) is 22.8 Å². The van der Waals surface area contributed by atoms with E-state index in [4.69, 9.17) is 5.11 Å². The highest BCUT2D eigenvalue weighted by molar-refractivity contribution is 5.85. The van der Waals surface area contributed by atoms with Gasteiger partial charge in [0.05, 0.1) is 12.7 Å². The number of ether oxygens (including phenoxy) is 1. The van der Waals surface area contributed by atoms with Gasteiger partial charge in [-0.25, -0.2) is 4.79 Å². The molecule has 2 N–H and O–H groups in total. The maximum absolute atomic E-state index is 12.6. The largest absolute Gasteiger partial charge is 0.467 e. The Kier molecular flexibility index (Phi) is 5.71. The number of methoxy groups -OCH3 is 1. The molecule has 1 atom stereocenters. The third kappa shape index (κ3) is 5.07. The number of rotatable bonds is 5. The molecule has 1 rings (SSSR count). The summed E-state index contributed by atoms with van der Waals surface area (Å²) in [5.41, 5.74) is -0.643. The van der Waals surface area contributed by atoms with Gasteiger partial charge in [0, 0.05) is 6.42 Å². The van der Waals surface area contributed by atoms with E-state index in [-0.39, 0.29) is 12.0 Å². The predicted octanol–water partition coefficient (Wildman–Crippen LogP) is 0.898. The highest BCUT2D eigenvalue weighted by atomic mass is 19.4. The van der Waals surface area contributed by atoms with Crippen molar-refractivity contribution in [1.82, 2.24) is 5.32 Å². The molecular formula is C13H14F3NO4. The third-order valence-electron chi connectivity index (χ3n) is 2.66. The molecule has 0 radical (unpaired) electrons. The number of nitrogens with one attached hydrogen (secondary N) is 1. The lowest BCUT2D eigenvalue weighted by molar-refractivity contribution is -0.145. The molecule has 0 heterocycles. The number of benzene rings is 1. The lowest BCUT2D eigenvalue weighted by Crippen LogP contribution is -2.44. The molecule has 0 unspecified atom stereocenters. The van der Waals surface area contributed by atoms with Crippen LogP contribution in [0.25, 0.3) is 0 Å². The molecule has 0 bridgehead atoms. The van der Waals surface area contributed by atoms with Crippen molar-refractivity contribution in [2.75, 3.05) is 13.7 Å². The lowest BCUT2D eigenvalue weighted by Gasteiger charge is -2.16. The highest BCUT2D eigenvalue weighted by Gasteiger charge is 2.31. The molecule has 0 spiro atoms. The minimum atomic E-state index is -4.49. The number of alkyl halides is 3. The number of aliphatic hydroxyl groups is 1. The zero-order chi connectivity index (χ0) is 16.0. The quantitative estimate of drug-likeness (QED) is 0.793. The molecule has 0 aromatic heterocycles. The van der Waals surface area contributed by atoms with Crippen LogP contribution in [0.4, 0.5) is 13.2 Å².